The molecule has 1 heterocycles. The molecular formula is C13H15N3O2S. The third kappa shape index (κ3) is 2.54. The van der Waals surface area contributed by atoms with Crippen LogP contribution in [0.5, 0.6) is 0 Å². The SMILES string of the molecule is O=S(=O)(c1cn[nH]c1)N(Cc1ccccc1)C1CC1. The number of aromatic nitrogens is 2. The maximum Gasteiger partial charge on any atom is 0.246 e. The topological polar surface area (TPSA) is 66.1 Å². The minimum absolute atomic E-state index is 0.125. The summed E-state index contributed by atoms with van der Waals surface area (Å²) in [7, 11) is -3.45. The number of aromatic amines is 1. The second-order valence-electron chi connectivity index (χ2n) is 4.70. The van der Waals surface area contributed by atoms with Crippen molar-refractivity contribution in [1.29, 1.82) is 0 Å². The lowest BCUT2D eigenvalue weighted by Gasteiger charge is -2.21. The summed E-state index contributed by atoms with van der Waals surface area (Å²) in [6, 6.07) is 9.78. The quantitative estimate of drug-likeness (QED) is 0.905. The molecule has 1 N–H and O–H groups in total. The maximum atomic E-state index is 12.5. The Morgan fingerprint density at radius 1 is 1.26 bits per heavy atom. The number of sulfonamides is 1. The standard InChI is InChI=1S/C13H15N3O2S/c17-19(18,13-8-14-15-9-13)16(12-6-7-12)10-11-4-2-1-3-5-11/h1-5,8-9,12H,6-7,10H2,(H,14,15). The van der Waals surface area contributed by atoms with Crippen molar-refractivity contribution in [3.05, 3.63) is 48.3 Å². The summed E-state index contributed by atoms with van der Waals surface area (Å²) >= 11 is 0. The lowest BCUT2D eigenvalue weighted by molar-refractivity contribution is 0.398. The van der Waals surface area contributed by atoms with Gasteiger partial charge in [-0.25, -0.2) is 8.42 Å². The molecule has 6 heteroatoms. The Balaban J connectivity index is 1.90. The van der Waals surface area contributed by atoms with E-state index in [0.29, 0.717) is 6.54 Å². The molecule has 0 atom stereocenters. The summed E-state index contributed by atoms with van der Waals surface area (Å²) in [5.41, 5.74) is 1.00. The van der Waals surface area contributed by atoms with Gasteiger partial charge in [0.2, 0.25) is 10.0 Å². The van der Waals surface area contributed by atoms with Gasteiger partial charge in [-0.2, -0.15) is 9.40 Å². The Bertz CT molecular complexity index is 634. The first-order chi connectivity index (χ1) is 9.18. The highest BCUT2D eigenvalue weighted by molar-refractivity contribution is 7.89. The molecule has 1 fully saturated rings. The van der Waals surface area contributed by atoms with Gasteiger partial charge in [-0.1, -0.05) is 30.3 Å². The van der Waals surface area contributed by atoms with Crippen LogP contribution >= 0.6 is 0 Å². The molecule has 0 spiro atoms. The maximum absolute atomic E-state index is 12.5. The molecule has 1 aromatic carbocycles. The molecule has 0 amide bonds. The molecule has 0 unspecified atom stereocenters. The molecule has 0 radical (unpaired) electrons. The van der Waals surface area contributed by atoms with Crippen molar-refractivity contribution in [1.82, 2.24) is 14.5 Å². The van der Waals surface area contributed by atoms with Crippen LogP contribution in [0.25, 0.3) is 0 Å². The lowest BCUT2D eigenvalue weighted by atomic mass is 10.2. The highest BCUT2D eigenvalue weighted by atomic mass is 32.2. The number of nitrogens with one attached hydrogen (secondary N) is 1. The van der Waals surface area contributed by atoms with Gasteiger partial charge >= 0.3 is 0 Å². The molecule has 0 saturated heterocycles. The number of nitrogens with zero attached hydrogens (tertiary/aromatic N) is 2. The molecule has 0 bridgehead atoms. The summed E-state index contributed by atoms with van der Waals surface area (Å²) in [6.45, 7) is 0.416. The van der Waals surface area contributed by atoms with E-state index >= 15 is 0 Å². The predicted molar refractivity (Wildman–Crippen MR) is 70.8 cm³/mol. The summed E-state index contributed by atoms with van der Waals surface area (Å²) in [6.07, 6.45) is 4.65. The van der Waals surface area contributed by atoms with E-state index in [9.17, 15) is 8.42 Å². The first kappa shape index (κ1) is 12.4. The number of hydrogen-bond acceptors (Lipinski definition) is 3. The van der Waals surface area contributed by atoms with Crippen molar-refractivity contribution < 1.29 is 8.42 Å². The van der Waals surface area contributed by atoms with Crippen molar-refractivity contribution in [2.75, 3.05) is 0 Å². The smallest absolute Gasteiger partial charge is 0.246 e. The Labute approximate surface area is 112 Å². The fraction of sp³-hybridized carbons (Fsp3) is 0.308. The van der Waals surface area contributed by atoms with Crippen LogP contribution in [0.2, 0.25) is 0 Å². The largest absolute Gasteiger partial charge is 0.284 e. The summed E-state index contributed by atoms with van der Waals surface area (Å²) in [5, 5.41) is 6.28. The Morgan fingerprint density at radius 2 is 2.00 bits per heavy atom. The van der Waals surface area contributed by atoms with Crippen LogP contribution in [-0.2, 0) is 16.6 Å². The highest BCUT2D eigenvalue weighted by Gasteiger charge is 2.38. The van der Waals surface area contributed by atoms with Crippen molar-refractivity contribution in [2.24, 2.45) is 0 Å². The third-order valence-electron chi connectivity index (χ3n) is 3.22. The summed E-state index contributed by atoms with van der Waals surface area (Å²) in [5.74, 6) is 0. The van der Waals surface area contributed by atoms with Crippen LogP contribution in [-0.4, -0.2) is 29.0 Å². The number of H-pyrrole nitrogens is 1. The van der Waals surface area contributed by atoms with Crippen LogP contribution in [0.1, 0.15) is 18.4 Å². The number of hydrogen-bond donors (Lipinski definition) is 1. The van der Waals surface area contributed by atoms with Crippen molar-refractivity contribution in [2.45, 2.75) is 30.3 Å². The zero-order chi connectivity index (χ0) is 13.3. The molecule has 3 rings (SSSR count). The zero-order valence-electron chi connectivity index (χ0n) is 10.4. The van der Waals surface area contributed by atoms with Crippen LogP contribution in [0, 0.1) is 0 Å². The average Bonchev–Trinajstić information content (AvgIpc) is 3.09. The second-order valence-corrected chi connectivity index (χ2v) is 6.59. The van der Waals surface area contributed by atoms with Gasteiger partial charge in [-0.15, -0.1) is 0 Å². The van der Waals surface area contributed by atoms with Crippen molar-refractivity contribution in [3.63, 3.8) is 0 Å². The highest BCUT2D eigenvalue weighted by Crippen LogP contribution is 2.33. The van der Waals surface area contributed by atoms with E-state index in [-0.39, 0.29) is 10.9 Å². The van der Waals surface area contributed by atoms with Gasteiger partial charge in [0.05, 0.1) is 6.20 Å². The van der Waals surface area contributed by atoms with E-state index in [1.54, 1.807) is 4.31 Å². The fourth-order valence-electron chi connectivity index (χ4n) is 2.05. The van der Waals surface area contributed by atoms with Crippen molar-refractivity contribution >= 4 is 10.0 Å². The Morgan fingerprint density at radius 3 is 2.58 bits per heavy atom. The molecule has 5 nitrogen and oxygen atoms in total. The van der Waals surface area contributed by atoms with E-state index in [1.807, 2.05) is 30.3 Å². The van der Waals surface area contributed by atoms with Crippen LogP contribution in [0.4, 0.5) is 0 Å². The van der Waals surface area contributed by atoms with E-state index in [1.165, 1.54) is 12.4 Å². The van der Waals surface area contributed by atoms with Gasteiger partial charge in [0, 0.05) is 18.8 Å². The molecule has 2 aromatic rings. The van der Waals surface area contributed by atoms with E-state index in [0.717, 1.165) is 18.4 Å². The van der Waals surface area contributed by atoms with Crippen LogP contribution < -0.4 is 0 Å². The zero-order valence-corrected chi connectivity index (χ0v) is 11.2. The summed E-state index contributed by atoms with van der Waals surface area (Å²) < 4.78 is 26.7. The minimum atomic E-state index is -3.45. The Hall–Kier alpha value is -1.66. The molecule has 1 aliphatic carbocycles. The molecule has 100 valence electrons. The van der Waals surface area contributed by atoms with Gasteiger partial charge in [0.1, 0.15) is 4.90 Å². The number of rotatable bonds is 5. The molecule has 1 saturated carbocycles. The number of benzene rings is 1. The Kier molecular flexibility index (Phi) is 3.12. The molecular weight excluding hydrogens is 262 g/mol. The minimum Gasteiger partial charge on any atom is -0.284 e. The lowest BCUT2D eigenvalue weighted by Crippen LogP contribution is -2.32. The van der Waals surface area contributed by atoms with Gasteiger partial charge in [0.15, 0.2) is 0 Å². The predicted octanol–water partition coefficient (Wildman–Crippen LogP) is 1.76. The van der Waals surface area contributed by atoms with E-state index in [2.05, 4.69) is 10.2 Å². The molecule has 0 aliphatic heterocycles. The van der Waals surface area contributed by atoms with Gasteiger partial charge in [0.25, 0.3) is 0 Å². The van der Waals surface area contributed by atoms with Gasteiger partial charge in [-0.3, -0.25) is 5.10 Å². The van der Waals surface area contributed by atoms with Crippen molar-refractivity contribution in [3.8, 4) is 0 Å². The molecule has 1 aromatic heterocycles. The first-order valence-corrected chi connectivity index (χ1v) is 7.66. The normalized spacial score (nSPS) is 15.8. The first-order valence-electron chi connectivity index (χ1n) is 6.22. The van der Waals surface area contributed by atoms with E-state index < -0.39 is 10.0 Å². The molecule has 19 heavy (non-hydrogen) atoms. The van der Waals surface area contributed by atoms with Crippen LogP contribution in [0.15, 0.2) is 47.6 Å². The van der Waals surface area contributed by atoms with Gasteiger partial charge < -0.3 is 0 Å². The fourth-order valence-corrected chi connectivity index (χ4v) is 3.63. The molecule has 1 aliphatic rings. The third-order valence-corrected chi connectivity index (χ3v) is 5.08. The monoisotopic (exact) mass is 277 g/mol. The van der Waals surface area contributed by atoms with Crippen LogP contribution in [0.3, 0.4) is 0 Å². The van der Waals surface area contributed by atoms with Gasteiger partial charge in [-0.05, 0) is 18.4 Å². The van der Waals surface area contributed by atoms with E-state index in [4.69, 9.17) is 0 Å². The summed E-state index contributed by atoms with van der Waals surface area (Å²) in [4.78, 5) is 0.232. The average molecular weight is 277 g/mol. The second kappa shape index (κ2) is 4.79.